The maximum absolute atomic E-state index is 13.4. The van der Waals surface area contributed by atoms with Crippen molar-refractivity contribution in [1.82, 2.24) is 10.2 Å². The first-order valence-corrected chi connectivity index (χ1v) is 10.8. The summed E-state index contributed by atoms with van der Waals surface area (Å²) in [6.45, 7) is 0.740. The van der Waals surface area contributed by atoms with Gasteiger partial charge in [0.05, 0.1) is 7.11 Å². The van der Waals surface area contributed by atoms with Gasteiger partial charge in [0, 0.05) is 31.3 Å². The maximum atomic E-state index is 13.4. The summed E-state index contributed by atoms with van der Waals surface area (Å²) in [5.41, 5.74) is 4.22. The van der Waals surface area contributed by atoms with E-state index in [2.05, 4.69) is 5.32 Å². The van der Waals surface area contributed by atoms with Crippen LogP contribution in [0.5, 0.6) is 5.75 Å². The summed E-state index contributed by atoms with van der Waals surface area (Å²) >= 11 is 0. The van der Waals surface area contributed by atoms with Crippen molar-refractivity contribution in [2.24, 2.45) is 0 Å². The lowest BCUT2D eigenvalue weighted by Crippen LogP contribution is -2.49. The van der Waals surface area contributed by atoms with E-state index < -0.39 is 29.8 Å². The Labute approximate surface area is 196 Å². The van der Waals surface area contributed by atoms with Crippen molar-refractivity contribution >= 4 is 11.8 Å². The van der Waals surface area contributed by atoms with E-state index >= 15 is 0 Å². The molecule has 34 heavy (non-hydrogen) atoms. The average Bonchev–Trinajstić information content (AvgIpc) is 3.30. The average molecular weight is 464 g/mol. The molecule has 3 aromatic carbocycles. The summed E-state index contributed by atoms with van der Waals surface area (Å²) in [6.07, 6.45) is -3.75. The van der Waals surface area contributed by atoms with Gasteiger partial charge in [0.1, 0.15) is 11.6 Å². The number of methoxy groups -OCH3 is 1. The topological polar surface area (TPSA) is 99.1 Å². The second kappa shape index (κ2) is 10.0. The van der Waals surface area contributed by atoms with Crippen LogP contribution in [0.3, 0.4) is 0 Å². The first-order chi connectivity index (χ1) is 16.4. The van der Waals surface area contributed by atoms with E-state index in [0.29, 0.717) is 18.8 Å². The van der Waals surface area contributed by atoms with Crippen molar-refractivity contribution in [1.29, 1.82) is 0 Å². The first kappa shape index (κ1) is 23.4. The van der Waals surface area contributed by atoms with Crippen LogP contribution in [0.25, 0.3) is 11.1 Å². The number of aliphatic hydroxyl groups is 2. The molecule has 1 aliphatic rings. The Morgan fingerprint density at radius 1 is 1.00 bits per heavy atom. The van der Waals surface area contributed by atoms with Crippen LogP contribution < -0.4 is 10.1 Å². The monoisotopic (exact) mass is 464 g/mol. The number of hydrogen-bond acceptors (Lipinski definition) is 5. The number of ether oxygens (including phenoxy) is 1. The van der Waals surface area contributed by atoms with Gasteiger partial charge in [0.25, 0.3) is 11.8 Å². The Morgan fingerprint density at radius 2 is 1.65 bits per heavy atom. The van der Waals surface area contributed by atoms with E-state index in [1.165, 1.54) is 24.1 Å². The molecule has 0 radical (unpaired) electrons. The predicted molar refractivity (Wildman–Crippen MR) is 123 cm³/mol. The van der Waals surface area contributed by atoms with Gasteiger partial charge in [-0.05, 0) is 34.4 Å². The number of amides is 2. The molecule has 0 saturated heterocycles. The summed E-state index contributed by atoms with van der Waals surface area (Å²) in [4.78, 5) is 26.3. The number of carbonyl (C=O) groups excluding carboxylic acids is 2. The molecule has 0 bridgehead atoms. The smallest absolute Gasteiger partial charge is 0.255 e. The van der Waals surface area contributed by atoms with E-state index in [-0.39, 0.29) is 6.54 Å². The lowest BCUT2D eigenvalue weighted by molar-refractivity contribution is -0.153. The standard InChI is InChI=1S/C26H25FN2O5/c1-34-22-12-20(27)10-11-21(22)17-8-6-16(7-9-17)13-28-25(32)23(30)24(31)26(33)29-14-18-4-2-3-5-19(18)15-29/h2-12,23-24,30-31H,13-15H2,1H3,(H,28,32)/t23-,24-/m1/s1. The molecule has 3 N–H and O–H groups in total. The molecular weight excluding hydrogens is 439 g/mol. The van der Waals surface area contributed by atoms with Gasteiger partial charge in [-0.25, -0.2) is 4.39 Å². The number of halogens is 1. The van der Waals surface area contributed by atoms with Crippen LogP contribution in [0.2, 0.25) is 0 Å². The quantitative estimate of drug-likeness (QED) is 0.499. The van der Waals surface area contributed by atoms with Crippen LogP contribution in [0.4, 0.5) is 4.39 Å². The van der Waals surface area contributed by atoms with E-state index in [9.17, 15) is 24.2 Å². The van der Waals surface area contributed by atoms with E-state index in [1.807, 2.05) is 24.3 Å². The summed E-state index contributed by atoms with van der Waals surface area (Å²) < 4.78 is 18.7. The summed E-state index contributed by atoms with van der Waals surface area (Å²) in [5.74, 6) is -1.53. The van der Waals surface area contributed by atoms with E-state index in [0.717, 1.165) is 27.8 Å². The number of fused-ring (bicyclic) bond motifs is 1. The fraction of sp³-hybridized carbons (Fsp3) is 0.231. The third-order valence-corrected chi connectivity index (χ3v) is 5.87. The fourth-order valence-electron chi connectivity index (χ4n) is 3.95. The highest BCUT2D eigenvalue weighted by Gasteiger charge is 2.35. The number of rotatable bonds is 7. The molecule has 0 fully saturated rings. The van der Waals surface area contributed by atoms with Crippen LogP contribution in [-0.4, -0.2) is 46.2 Å². The van der Waals surface area contributed by atoms with Gasteiger partial charge in [0.15, 0.2) is 12.2 Å². The number of hydrogen-bond donors (Lipinski definition) is 3. The van der Waals surface area contributed by atoms with Crippen LogP contribution in [0.15, 0.2) is 66.7 Å². The first-order valence-electron chi connectivity index (χ1n) is 10.8. The molecule has 3 aromatic rings. The zero-order chi connectivity index (χ0) is 24.2. The van der Waals surface area contributed by atoms with Crippen molar-refractivity contribution in [3.63, 3.8) is 0 Å². The van der Waals surface area contributed by atoms with Crippen LogP contribution in [-0.2, 0) is 29.2 Å². The molecule has 1 heterocycles. The summed E-state index contributed by atoms with van der Waals surface area (Å²) in [7, 11) is 1.47. The van der Waals surface area contributed by atoms with Gasteiger partial charge < -0.3 is 25.2 Å². The van der Waals surface area contributed by atoms with Gasteiger partial charge in [-0.2, -0.15) is 0 Å². The lowest BCUT2D eigenvalue weighted by atomic mass is 10.0. The Bertz CT molecular complexity index is 1170. The fourth-order valence-corrected chi connectivity index (χ4v) is 3.95. The molecule has 2 amide bonds. The number of aliphatic hydroxyl groups excluding tert-OH is 2. The lowest BCUT2D eigenvalue weighted by Gasteiger charge is -2.22. The minimum atomic E-state index is -1.89. The molecule has 8 heteroatoms. The van der Waals surface area contributed by atoms with Crippen molar-refractivity contribution in [2.75, 3.05) is 7.11 Å². The molecule has 0 spiro atoms. The molecule has 2 atom stereocenters. The molecule has 0 unspecified atom stereocenters. The number of carbonyl (C=O) groups is 2. The third-order valence-electron chi connectivity index (χ3n) is 5.87. The minimum Gasteiger partial charge on any atom is -0.496 e. The van der Waals surface area contributed by atoms with Crippen LogP contribution in [0, 0.1) is 5.82 Å². The van der Waals surface area contributed by atoms with Crippen molar-refractivity contribution in [3.8, 4) is 16.9 Å². The van der Waals surface area contributed by atoms with Crippen LogP contribution >= 0.6 is 0 Å². The molecule has 0 aromatic heterocycles. The molecule has 1 aliphatic heterocycles. The summed E-state index contributed by atoms with van der Waals surface area (Å²) in [6, 6.07) is 19.0. The third kappa shape index (κ3) is 4.93. The van der Waals surface area contributed by atoms with Gasteiger partial charge in [-0.1, -0.05) is 48.5 Å². The van der Waals surface area contributed by atoms with Gasteiger partial charge >= 0.3 is 0 Å². The molecule has 0 saturated carbocycles. The van der Waals surface area contributed by atoms with Crippen LogP contribution in [0.1, 0.15) is 16.7 Å². The molecule has 7 nitrogen and oxygen atoms in total. The highest BCUT2D eigenvalue weighted by atomic mass is 19.1. The maximum Gasteiger partial charge on any atom is 0.255 e. The predicted octanol–water partition coefficient (Wildman–Crippen LogP) is 2.38. The number of nitrogens with zero attached hydrogens (tertiary/aromatic N) is 1. The molecule has 0 aliphatic carbocycles. The van der Waals surface area contributed by atoms with Gasteiger partial charge in [-0.3, -0.25) is 9.59 Å². The van der Waals surface area contributed by atoms with Crippen molar-refractivity contribution < 1.29 is 28.9 Å². The SMILES string of the molecule is COc1cc(F)ccc1-c1ccc(CNC(=O)[C@H](O)[C@@H](O)C(=O)N2Cc3ccccc3C2)cc1. The Hall–Kier alpha value is -3.75. The zero-order valence-corrected chi connectivity index (χ0v) is 18.6. The largest absolute Gasteiger partial charge is 0.496 e. The molecular formula is C26H25FN2O5. The normalized spacial score (nSPS) is 14.3. The number of nitrogens with one attached hydrogen (secondary N) is 1. The van der Waals surface area contributed by atoms with Crippen molar-refractivity contribution in [2.45, 2.75) is 31.8 Å². The second-order valence-corrected chi connectivity index (χ2v) is 8.11. The Balaban J connectivity index is 1.33. The second-order valence-electron chi connectivity index (χ2n) is 8.11. The van der Waals surface area contributed by atoms with Gasteiger partial charge in [0.2, 0.25) is 0 Å². The van der Waals surface area contributed by atoms with E-state index in [1.54, 1.807) is 30.3 Å². The minimum absolute atomic E-state index is 0.0901. The van der Waals surface area contributed by atoms with Crippen molar-refractivity contribution in [3.05, 3.63) is 89.2 Å². The summed E-state index contributed by atoms with van der Waals surface area (Å²) in [5, 5.41) is 23.1. The van der Waals surface area contributed by atoms with Gasteiger partial charge in [-0.15, -0.1) is 0 Å². The highest BCUT2D eigenvalue weighted by molar-refractivity contribution is 5.91. The zero-order valence-electron chi connectivity index (χ0n) is 18.6. The Kier molecular flexibility index (Phi) is 6.90. The Morgan fingerprint density at radius 3 is 2.26 bits per heavy atom. The number of benzene rings is 3. The molecule has 176 valence electrons. The van der Waals surface area contributed by atoms with E-state index in [4.69, 9.17) is 4.74 Å². The molecule has 4 rings (SSSR count). The highest BCUT2D eigenvalue weighted by Crippen LogP contribution is 2.30.